The van der Waals surface area contributed by atoms with Crippen molar-refractivity contribution in [2.45, 2.75) is 32.2 Å². The first-order chi connectivity index (χ1) is 7.27. The summed E-state index contributed by atoms with van der Waals surface area (Å²) >= 11 is 1.58. The maximum absolute atomic E-state index is 11.9. The Morgan fingerprint density at radius 2 is 2.47 bits per heavy atom. The highest BCUT2D eigenvalue weighted by molar-refractivity contribution is 7.14. The van der Waals surface area contributed by atoms with E-state index in [1.54, 1.807) is 11.3 Å². The molecule has 1 aromatic heterocycles. The maximum Gasteiger partial charge on any atom is 0.242 e. The van der Waals surface area contributed by atoms with E-state index < -0.39 is 0 Å². The van der Waals surface area contributed by atoms with Crippen LogP contribution in [0.5, 0.6) is 0 Å². The van der Waals surface area contributed by atoms with E-state index >= 15 is 0 Å². The van der Waals surface area contributed by atoms with Crippen LogP contribution in [0, 0.1) is 6.92 Å². The zero-order chi connectivity index (χ0) is 10.7. The van der Waals surface area contributed by atoms with Gasteiger partial charge in [-0.05, 0) is 43.3 Å². The zero-order valence-electron chi connectivity index (χ0n) is 8.88. The number of anilines is 1. The molecule has 1 aliphatic heterocycles. The summed E-state index contributed by atoms with van der Waals surface area (Å²) in [7, 11) is 0. The third kappa shape index (κ3) is 2.58. The van der Waals surface area contributed by atoms with Gasteiger partial charge < -0.3 is 10.6 Å². The molecule has 82 valence electrons. The van der Waals surface area contributed by atoms with Gasteiger partial charge in [0.2, 0.25) is 5.91 Å². The Hall–Kier alpha value is -0.870. The minimum Gasteiger partial charge on any atom is -0.316 e. The molecule has 0 bridgehead atoms. The quantitative estimate of drug-likeness (QED) is 0.808. The molecule has 1 aliphatic rings. The molecule has 0 radical (unpaired) electrons. The first-order valence-corrected chi connectivity index (χ1v) is 6.23. The number of piperidine rings is 1. The standard InChI is InChI=1S/C11H16N2OS/c1-8-5-7-15-11(8)13-10(14)9-4-2-3-6-12-9/h5,7,9,12H,2-4,6H2,1H3,(H,13,14). The molecular weight excluding hydrogens is 208 g/mol. The average molecular weight is 224 g/mol. The van der Waals surface area contributed by atoms with E-state index in [4.69, 9.17) is 0 Å². The van der Waals surface area contributed by atoms with Gasteiger partial charge in [0.25, 0.3) is 0 Å². The molecule has 1 atom stereocenters. The first-order valence-electron chi connectivity index (χ1n) is 5.36. The molecule has 2 heterocycles. The Balaban J connectivity index is 1.94. The van der Waals surface area contributed by atoms with E-state index in [2.05, 4.69) is 10.6 Å². The number of carbonyl (C=O) groups is 1. The third-order valence-corrected chi connectivity index (χ3v) is 3.66. The van der Waals surface area contributed by atoms with Gasteiger partial charge in [-0.25, -0.2) is 0 Å². The zero-order valence-corrected chi connectivity index (χ0v) is 9.69. The van der Waals surface area contributed by atoms with Crippen LogP contribution < -0.4 is 10.6 Å². The lowest BCUT2D eigenvalue weighted by Gasteiger charge is -2.22. The molecule has 1 saturated heterocycles. The summed E-state index contributed by atoms with van der Waals surface area (Å²) in [5.41, 5.74) is 1.14. The van der Waals surface area contributed by atoms with Crippen molar-refractivity contribution in [3.63, 3.8) is 0 Å². The second-order valence-corrected chi connectivity index (χ2v) is 4.84. The van der Waals surface area contributed by atoms with Gasteiger partial charge in [0.15, 0.2) is 0 Å². The van der Waals surface area contributed by atoms with Crippen LogP contribution in [-0.2, 0) is 4.79 Å². The van der Waals surface area contributed by atoms with Crippen LogP contribution in [0.3, 0.4) is 0 Å². The van der Waals surface area contributed by atoms with Crippen molar-refractivity contribution in [3.05, 3.63) is 17.0 Å². The monoisotopic (exact) mass is 224 g/mol. The topological polar surface area (TPSA) is 41.1 Å². The molecule has 1 amide bonds. The van der Waals surface area contributed by atoms with E-state index in [1.165, 1.54) is 6.42 Å². The van der Waals surface area contributed by atoms with E-state index in [0.29, 0.717) is 0 Å². The number of nitrogens with one attached hydrogen (secondary N) is 2. The van der Waals surface area contributed by atoms with Crippen LogP contribution >= 0.6 is 11.3 Å². The summed E-state index contributed by atoms with van der Waals surface area (Å²) < 4.78 is 0. The normalized spacial score (nSPS) is 21.3. The van der Waals surface area contributed by atoms with Crippen molar-refractivity contribution in [1.82, 2.24) is 5.32 Å². The Morgan fingerprint density at radius 3 is 3.07 bits per heavy atom. The largest absolute Gasteiger partial charge is 0.316 e. The predicted octanol–water partition coefficient (Wildman–Crippen LogP) is 2.14. The minimum atomic E-state index is 0.000231. The highest BCUT2D eigenvalue weighted by atomic mass is 32.1. The average Bonchev–Trinajstić information content (AvgIpc) is 2.66. The van der Waals surface area contributed by atoms with Gasteiger partial charge in [-0.2, -0.15) is 0 Å². The molecule has 0 spiro atoms. The number of rotatable bonds is 2. The van der Waals surface area contributed by atoms with Gasteiger partial charge in [0, 0.05) is 0 Å². The molecule has 2 N–H and O–H groups in total. The summed E-state index contributed by atoms with van der Waals surface area (Å²) in [6, 6.07) is 2.02. The third-order valence-electron chi connectivity index (χ3n) is 2.73. The van der Waals surface area contributed by atoms with Crippen molar-refractivity contribution in [1.29, 1.82) is 0 Å². The highest BCUT2D eigenvalue weighted by Crippen LogP contribution is 2.22. The molecule has 15 heavy (non-hydrogen) atoms. The second kappa shape index (κ2) is 4.77. The van der Waals surface area contributed by atoms with Crippen LogP contribution in [0.4, 0.5) is 5.00 Å². The Bertz CT molecular complexity index is 342. The molecule has 1 aromatic rings. The van der Waals surface area contributed by atoms with Crippen molar-refractivity contribution in [2.24, 2.45) is 0 Å². The summed E-state index contributed by atoms with van der Waals surface area (Å²) in [4.78, 5) is 11.9. The predicted molar refractivity (Wildman–Crippen MR) is 63.3 cm³/mol. The van der Waals surface area contributed by atoms with E-state index in [9.17, 15) is 4.79 Å². The van der Waals surface area contributed by atoms with Gasteiger partial charge in [-0.3, -0.25) is 4.79 Å². The number of hydrogen-bond acceptors (Lipinski definition) is 3. The SMILES string of the molecule is Cc1ccsc1NC(=O)C1CCCCN1. The van der Waals surface area contributed by atoms with Crippen molar-refractivity contribution in [3.8, 4) is 0 Å². The molecule has 0 aromatic carbocycles. The van der Waals surface area contributed by atoms with Crippen LogP contribution in [0.1, 0.15) is 24.8 Å². The number of carbonyl (C=O) groups excluding carboxylic acids is 1. The number of thiophene rings is 1. The van der Waals surface area contributed by atoms with Gasteiger partial charge >= 0.3 is 0 Å². The minimum absolute atomic E-state index is 0.000231. The summed E-state index contributed by atoms with van der Waals surface area (Å²) in [5.74, 6) is 0.111. The molecule has 4 heteroatoms. The maximum atomic E-state index is 11.9. The molecule has 2 rings (SSSR count). The number of hydrogen-bond donors (Lipinski definition) is 2. The smallest absolute Gasteiger partial charge is 0.242 e. The van der Waals surface area contributed by atoms with Crippen molar-refractivity contribution >= 4 is 22.2 Å². The Labute approximate surface area is 93.9 Å². The number of aryl methyl sites for hydroxylation is 1. The number of amides is 1. The van der Waals surface area contributed by atoms with Crippen molar-refractivity contribution < 1.29 is 4.79 Å². The fourth-order valence-electron chi connectivity index (χ4n) is 1.78. The molecule has 1 unspecified atom stereocenters. The molecule has 0 aliphatic carbocycles. The van der Waals surface area contributed by atoms with Gasteiger partial charge in [0.05, 0.1) is 11.0 Å². The lowest BCUT2D eigenvalue weighted by molar-refractivity contribution is -0.118. The van der Waals surface area contributed by atoms with Crippen LogP contribution in [0.15, 0.2) is 11.4 Å². The molecular formula is C11H16N2OS. The first kappa shape index (κ1) is 10.6. The lowest BCUT2D eigenvalue weighted by atomic mass is 10.0. The fraction of sp³-hybridized carbons (Fsp3) is 0.545. The van der Waals surface area contributed by atoms with Crippen LogP contribution in [0.2, 0.25) is 0 Å². The summed E-state index contributed by atoms with van der Waals surface area (Å²) in [6.07, 6.45) is 3.28. The van der Waals surface area contributed by atoms with Crippen LogP contribution in [-0.4, -0.2) is 18.5 Å². The van der Waals surface area contributed by atoms with Crippen LogP contribution in [0.25, 0.3) is 0 Å². The van der Waals surface area contributed by atoms with E-state index in [1.807, 2.05) is 18.4 Å². The van der Waals surface area contributed by atoms with Gasteiger partial charge in [-0.15, -0.1) is 11.3 Å². The summed E-state index contributed by atoms with van der Waals surface area (Å²) in [6.45, 7) is 2.97. The Morgan fingerprint density at radius 1 is 1.60 bits per heavy atom. The Kier molecular flexibility index (Phi) is 3.38. The molecule has 1 fully saturated rings. The lowest BCUT2D eigenvalue weighted by Crippen LogP contribution is -2.43. The van der Waals surface area contributed by atoms with E-state index in [0.717, 1.165) is 30.0 Å². The van der Waals surface area contributed by atoms with Gasteiger partial charge in [-0.1, -0.05) is 6.42 Å². The van der Waals surface area contributed by atoms with E-state index in [-0.39, 0.29) is 11.9 Å². The summed E-state index contributed by atoms with van der Waals surface area (Å²) in [5, 5.41) is 9.20. The molecule has 3 nitrogen and oxygen atoms in total. The van der Waals surface area contributed by atoms with Crippen molar-refractivity contribution in [2.75, 3.05) is 11.9 Å². The highest BCUT2D eigenvalue weighted by Gasteiger charge is 2.20. The van der Waals surface area contributed by atoms with Gasteiger partial charge in [0.1, 0.15) is 0 Å². The molecule has 0 saturated carbocycles. The fourth-order valence-corrected chi connectivity index (χ4v) is 2.60. The second-order valence-electron chi connectivity index (χ2n) is 3.92.